The molecule has 2 aromatic carbocycles. The highest BCUT2D eigenvalue weighted by Crippen LogP contribution is 2.23. The first kappa shape index (κ1) is 21.2. The molecule has 1 fully saturated rings. The summed E-state index contributed by atoms with van der Waals surface area (Å²) >= 11 is 0. The van der Waals surface area contributed by atoms with Crippen molar-refractivity contribution in [2.75, 3.05) is 31.6 Å². The van der Waals surface area contributed by atoms with Gasteiger partial charge in [0.05, 0.1) is 13.2 Å². The van der Waals surface area contributed by atoms with Gasteiger partial charge in [-0.2, -0.15) is 0 Å². The fourth-order valence-electron chi connectivity index (χ4n) is 3.92. The summed E-state index contributed by atoms with van der Waals surface area (Å²) in [6.45, 7) is 4.43. The molecule has 33 heavy (non-hydrogen) atoms. The number of H-pyrrole nitrogens is 1. The Morgan fingerprint density at radius 1 is 1.06 bits per heavy atom. The highest BCUT2D eigenvalue weighted by Gasteiger charge is 2.16. The Morgan fingerprint density at radius 3 is 2.76 bits per heavy atom. The number of nitrogens with one attached hydrogen (secondary N) is 2. The van der Waals surface area contributed by atoms with E-state index in [9.17, 15) is 4.79 Å². The number of hydrogen-bond donors (Lipinski definition) is 2. The van der Waals surface area contributed by atoms with Crippen molar-refractivity contribution in [3.8, 4) is 5.75 Å². The van der Waals surface area contributed by atoms with Crippen LogP contribution in [0.1, 0.15) is 21.6 Å². The van der Waals surface area contributed by atoms with E-state index in [2.05, 4.69) is 20.2 Å². The predicted molar refractivity (Wildman–Crippen MR) is 127 cm³/mol. The number of fused-ring (bicyclic) bond motifs is 1. The molecule has 7 heteroatoms. The third-order valence-electron chi connectivity index (χ3n) is 5.71. The molecule has 5 rings (SSSR count). The molecular weight excluding hydrogens is 416 g/mol. The fraction of sp³-hybridized carbons (Fsp3) is 0.231. The van der Waals surface area contributed by atoms with Gasteiger partial charge in [-0.1, -0.05) is 36.4 Å². The van der Waals surface area contributed by atoms with Crippen LogP contribution in [-0.4, -0.2) is 47.1 Å². The van der Waals surface area contributed by atoms with Gasteiger partial charge in [0, 0.05) is 42.3 Å². The van der Waals surface area contributed by atoms with Crippen LogP contribution in [-0.2, 0) is 17.9 Å². The SMILES string of the molecule is O=C(Nc1ncccc1CN1CCOCC1)c1cc2cc(OCc3ccccc3)ccc2[nH]1. The number of morpholine rings is 1. The number of aromatic amines is 1. The van der Waals surface area contributed by atoms with Crippen molar-refractivity contribution in [1.29, 1.82) is 0 Å². The van der Waals surface area contributed by atoms with Gasteiger partial charge in [-0.3, -0.25) is 9.69 Å². The fourth-order valence-corrected chi connectivity index (χ4v) is 3.92. The molecule has 1 aliphatic rings. The molecule has 0 radical (unpaired) electrons. The van der Waals surface area contributed by atoms with Crippen LogP contribution in [0.4, 0.5) is 5.82 Å². The number of anilines is 1. The molecule has 0 atom stereocenters. The molecule has 0 bridgehead atoms. The molecule has 4 aromatic rings. The lowest BCUT2D eigenvalue weighted by atomic mass is 10.2. The highest BCUT2D eigenvalue weighted by molar-refractivity contribution is 6.05. The zero-order chi connectivity index (χ0) is 22.5. The van der Waals surface area contributed by atoms with Crippen molar-refractivity contribution in [2.45, 2.75) is 13.2 Å². The van der Waals surface area contributed by atoms with Crippen molar-refractivity contribution in [1.82, 2.24) is 14.9 Å². The number of hydrogen-bond acceptors (Lipinski definition) is 5. The summed E-state index contributed by atoms with van der Waals surface area (Å²) in [6.07, 6.45) is 1.69. The summed E-state index contributed by atoms with van der Waals surface area (Å²) in [6, 6.07) is 21.5. The molecule has 2 N–H and O–H groups in total. The number of rotatable bonds is 7. The third-order valence-corrected chi connectivity index (χ3v) is 5.71. The minimum Gasteiger partial charge on any atom is -0.489 e. The second-order valence-corrected chi connectivity index (χ2v) is 8.06. The third kappa shape index (κ3) is 5.22. The number of carbonyl (C=O) groups is 1. The standard InChI is InChI=1S/C26H26N4O3/c31-26(29-25-20(7-4-10-27-25)17-30-11-13-32-14-12-30)24-16-21-15-22(8-9-23(21)28-24)33-18-19-5-2-1-3-6-19/h1-10,15-16,28H,11-14,17-18H2,(H,27,29,31). The van der Waals surface area contributed by atoms with Crippen LogP contribution >= 0.6 is 0 Å². The van der Waals surface area contributed by atoms with Crippen LogP contribution < -0.4 is 10.1 Å². The lowest BCUT2D eigenvalue weighted by Crippen LogP contribution is -2.36. The first-order valence-corrected chi connectivity index (χ1v) is 11.1. The van der Waals surface area contributed by atoms with Gasteiger partial charge in [-0.15, -0.1) is 0 Å². The normalized spacial score (nSPS) is 14.3. The van der Waals surface area contributed by atoms with Crippen LogP contribution in [0, 0.1) is 0 Å². The maximum absolute atomic E-state index is 13.0. The Kier molecular flexibility index (Phi) is 6.32. The van der Waals surface area contributed by atoms with E-state index in [0.717, 1.165) is 60.6 Å². The quantitative estimate of drug-likeness (QED) is 0.448. The average molecular weight is 443 g/mol. The Morgan fingerprint density at radius 2 is 1.91 bits per heavy atom. The molecule has 0 aliphatic carbocycles. The Bertz CT molecular complexity index is 1230. The molecule has 0 unspecified atom stereocenters. The van der Waals surface area contributed by atoms with Crippen LogP contribution in [0.2, 0.25) is 0 Å². The maximum Gasteiger partial charge on any atom is 0.273 e. The predicted octanol–water partition coefficient (Wildman–Crippen LogP) is 4.23. The van der Waals surface area contributed by atoms with Gasteiger partial charge in [0.2, 0.25) is 0 Å². The minimum atomic E-state index is -0.222. The molecule has 1 saturated heterocycles. The van der Waals surface area contributed by atoms with Crippen LogP contribution in [0.25, 0.3) is 10.9 Å². The highest BCUT2D eigenvalue weighted by atomic mass is 16.5. The zero-order valence-electron chi connectivity index (χ0n) is 18.3. The zero-order valence-corrected chi connectivity index (χ0v) is 18.3. The molecular formula is C26H26N4O3. The topological polar surface area (TPSA) is 79.5 Å². The van der Waals surface area contributed by atoms with E-state index in [1.807, 2.05) is 66.7 Å². The average Bonchev–Trinajstić information content (AvgIpc) is 3.29. The summed E-state index contributed by atoms with van der Waals surface area (Å²) < 4.78 is 11.3. The summed E-state index contributed by atoms with van der Waals surface area (Å²) in [4.78, 5) is 22.9. The molecule has 7 nitrogen and oxygen atoms in total. The van der Waals surface area contributed by atoms with E-state index in [-0.39, 0.29) is 5.91 Å². The van der Waals surface area contributed by atoms with Crippen molar-refractivity contribution in [3.05, 3.63) is 89.7 Å². The number of nitrogens with zero attached hydrogens (tertiary/aromatic N) is 2. The van der Waals surface area contributed by atoms with Crippen LogP contribution in [0.15, 0.2) is 72.9 Å². The molecule has 2 aromatic heterocycles. The van der Waals surface area contributed by atoms with E-state index in [0.29, 0.717) is 18.1 Å². The molecule has 3 heterocycles. The van der Waals surface area contributed by atoms with Gasteiger partial charge in [0.25, 0.3) is 5.91 Å². The molecule has 0 saturated carbocycles. The second-order valence-electron chi connectivity index (χ2n) is 8.06. The van der Waals surface area contributed by atoms with E-state index in [1.165, 1.54) is 0 Å². The Labute approximate surface area is 192 Å². The Balaban J connectivity index is 1.28. The van der Waals surface area contributed by atoms with Gasteiger partial charge in [-0.25, -0.2) is 4.98 Å². The number of pyridine rings is 1. The number of benzene rings is 2. The summed E-state index contributed by atoms with van der Waals surface area (Å²) in [5.41, 5.74) is 3.45. The lowest BCUT2D eigenvalue weighted by molar-refractivity contribution is 0.0342. The van der Waals surface area contributed by atoms with Gasteiger partial charge in [0.1, 0.15) is 23.9 Å². The first-order valence-electron chi connectivity index (χ1n) is 11.1. The summed E-state index contributed by atoms with van der Waals surface area (Å²) in [7, 11) is 0. The minimum absolute atomic E-state index is 0.222. The monoisotopic (exact) mass is 442 g/mol. The van der Waals surface area contributed by atoms with E-state index >= 15 is 0 Å². The molecule has 1 aliphatic heterocycles. The van der Waals surface area contributed by atoms with Crippen molar-refractivity contribution in [3.63, 3.8) is 0 Å². The van der Waals surface area contributed by atoms with Crippen molar-refractivity contribution < 1.29 is 14.3 Å². The number of amides is 1. The lowest BCUT2D eigenvalue weighted by Gasteiger charge is -2.27. The van der Waals surface area contributed by atoms with E-state index < -0.39 is 0 Å². The van der Waals surface area contributed by atoms with Gasteiger partial charge in [-0.05, 0) is 35.9 Å². The first-order chi connectivity index (χ1) is 16.2. The van der Waals surface area contributed by atoms with Gasteiger partial charge < -0.3 is 19.8 Å². The number of ether oxygens (including phenoxy) is 2. The molecule has 0 spiro atoms. The Hall–Kier alpha value is -3.68. The largest absolute Gasteiger partial charge is 0.489 e. The van der Waals surface area contributed by atoms with E-state index in [4.69, 9.17) is 9.47 Å². The van der Waals surface area contributed by atoms with Crippen LogP contribution in [0.5, 0.6) is 5.75 Å². The molecule has 1 amide bonds. The molecule has 168 valence electrons. The van der Waals surface area contributed by atoms with Crippen molar-refractivity contribution >= 4 is 22.6 Å². The second kappa shape index (κ2) is 9.85. The smallest absolute Gasteiger partial charge is 0.273 e. The number of carbonyl (C=O) groups excluding carboxylic acids is 1. The van der Waals surface area contributed by atoms with Gasteiger partial charge >= 0.3 is 0 Å². The summed E-state index contributed by atoms with van der Waals surface area (Å²) in [5, 5.41) is 3.89. The number of aromatic nitrogens is 2. The van der Waals surface area contributed by atoms with Crippen LogP contribution in [0.3, 0.4) is 0 Å². The summed E-state index contributed by atoms with van der Waals surface area (Å²) in [5.74, 6) is 1.12. The van der Waals surface area contributed by atoms with E-state index in [1.54, 1.807) is 6.20 Å². The van der Waals surface area contributed by atoms with Gasteiger partial charge in [0.15, 0.2) is 0 Å². The van der Waals surface area contributed by atoms with Crippen molar-refractivity contribution in [2.24, 2.45) is 0 Å². The maximum atomic E-state index is 13.0.